The fourth-order valence-corrected chi connectivity index (χ4v) is 1.24. The van der Waals surface area contributed by atoms with Crippen molar-refractivity contribution in [3.63, 3.8) is 0 Å². The van der Waals surface area contributed by atoms with Crippen molar-refractivity contribution in [2.75, 3.05) is 7.11 Å². The van der Waals surface area contributed by atoms with Gasteiger partial charge in [-0.05, 0) is 12.8 Å². The van der Waals surface area contributed by atoms with E-state index in [9.17, 15) is 9.18 Å². The lowest BCUT2D eigenvalue weighted by atomic mass is 10.3. The number of aromatic carboxylic acids is 1. The van der Waals surface area contributed by atoms with Crippen molar-refractivity contribution in [1.82, 2.24) is 9.97 Å². The Morgan fingerprint density at radius 1 is 1.53 bits per heavy atom. The number of hydrogen-bond acceptors (Lipinski definition) is 4. The Bertz CT molecular complexity index is 418. The van der Waals surface area contributed by atoms with Crippen LogP contribution >= 0.6 is 0 Å². The third-order valence-electron chi connectivity index (χ3n) is 2.18. The molecule has 2 rings (SSSR count). The second-order valence-corrected chi connectivity index (χ2v) is 3.33. The van der Waals surface area contributed by atoms with Gasteiger partial charge in [0.15, 0.2) is 5.69 Å². The fourth-order valence-electron chi connectivity index (χ4n) is 1.24. The SMILES string of the molecule is COc1nc(C2CC2)nc(C(=O)O)c1F. The molecule has 1 aliphatic carbocycles. The summed E-state index contributed by atoms with van der Waals surface area (Å²) in [6.45, 7) is 0. The molecule has 80 valence electrons. The van der Waals surface area contributed by atoms with E-state index in [2.05, 4.69) is 14.7 Å². The summed E-state index contributed by atoms with van der Waals surface area (Å²) in [5.74, 6) is -2.22. The minimum Gasteiger partial charge on any atom is -0.479 e. The number of halogens is 1. The number of aromatic nitrogens is 2. The van der Waals surface area contributed by atoms with Crippen LogP contribution in [-0.2, 0) is 0 Å². The van der Waals surface area contributed by atoms with Crippen LogP contribution in [0.3, 0.4) is 0 Å². The molecule has 1 fully saturated rings. The first-order chi connectivity index (χ1) is 7.13. The van der Waals surface area contributed by atoms with Crippen molar-refractivity contribution in [2.45, 2.75) is 18.8 Å². The molecule has 0 aliphatic heterocycles. The van der Waals surface area contributed by atoms with E-state index in [0.29, 0.717) is 5.82 Å². The maximum Gasteiger partial charge on any atom is 0.357 e. The number of carbonyl (C=O) groups is 1. The Kier molecular flexibility index (Phi) is 2.26. The zero-order valence-electron chi connectivity index (χ0n) is 8.03. The predicted molar refractivity (Wildman–Crippen MR) is 47.5 cm³/mol. The molecule has 15 heavy (non-hydrogen) atoms. The number of carboxylic acids is 1. The van der Waals surface area contributed by atoms with Crippen molar-refractivity contribution in [2.24, 2.45) is 0 Å². The summed E-state index contributed by atoms with van der Waals surface area (Å²) in [4.78, 5) is 18.2. The number of methoxy groups -OCH3 is 1. The summed E-state index contributed by atoms with van der Waals surface area (Å²) < 4.78 is 18.0. The van der Waals surface area contributed by atoms with Crippen LogP contribution in [0.5, 0.6) is 5.88 Å². The van der Waals surface area contributed by atoms with Gasteiger partial charge in [-0.25, -0.2) is 9.78 Å². The summed E-state index contributed by atoms with van der Waals surface area (Å²) in [7, 11) is 1.24. The summed E-state index contributed by atoms with van der Waals surface area (Å²) >= 11 is 0. The normalized spacial score (nSPS) is 15.1. The quantitative estimate of drug-likeness (QED) is 0.814. The molecule has 0 aromatic carbocycles. The van der Waals surface area contributed by atoms with Crippen LogP contribution in [0.1, 0.15) is 35.1 Å². The Labute approximate surface area is 84.9 Å². The molecule has 0 radical (unpaired) electrons. The van der Waals surface area contributed by atoms with Gasteiger partial charge < -0.3 is 9.84 Å². The van der Waals surface area contributed by atoms with Gasteiger partial charge in [0.05, 0.1) is 7.11 Å². The molecule has 1 aromatic heterocycles. The molecule has 6 heteroatoms. The van der Waals surface area contributed by atoms with Crippen LogP contribution in [0.4, 0.5) is 4.39 Å². The average molecular weight is 212 g/mol. The molecule has 0 bridgehead atoms. The van der Waals surface area contributed by atoms with Gasteiger partial charge in [-0.15, -0.1) is 0 Å². The minimum atomic E-state index is -1.41. The molecule has 1 saturated carbocycles. The highest BCUT2D eigenvalue weighted by molar-refractivity contribution is 5.86. The molecule has 0 unspecified atom stereocenters. The smallest absolute Gasteiger partial charge is 0.357 e. The highest BCUT2D eigenvalue weighted by Crippen LogP contribution is 2.39. The van der Waals surface area contributed by atoms with Gasteiger partial charge in [0.25, 0.3) is 5.88 Å². The average Bonchev–Trinajstić information content (AvgIpc) is 3.01. The number of hydrogen-bond donors (Lipinski definition) is 1. The van der Waals surface area contributed by atoms with E-state index in [1.54, 1.807) is 0 Å². The van der Waals surface area contributed by atoms with Crippen molar-refractivity contribution in [3.8, 4) is 5.88 Å². The lowest BCUT2D eigenvalue weighted by Gasteiger charge is -2.05. The summed E-state index contributed by atoms with van der Waals surface area (Å²) in [6, 6.07) is 0. The van der Waals surface area contributed by atoms with E-state index in [0.717, 1.165) is 12.8 Å². The molecule has 1 aliphatic rings. The molecular weight excluding hydrogens is 203 g/mol. The molecule has 1 aromatic rings. The Balaban J connectivity index is 2.52. The number of ether oxygens (including phenoxy) is 1. The van der Waals surface area contributed by atoms with E-state index in [4.69, 9.17) is 5.11 Å². The Morgan fingerprint density at radius 2 is 2.20 bits per heavy atom. The largest absolute Gasteiger partial charge is 0.479 e. The first kappa shape index (κ1) is 9.82. The molecule has 0 atom stereocenters. The molecule has 1 heterocycles. The van der Waals surface area contributed by atoms with Crippen LogP contribution in [0.2, 0.25) is 0 Å². The van der Waals surface area contributed by atoms with E-state index in [1.807, 2.05) is 0 Å². The van der Waals surface area contributed by atoms with Crippen LogP contribution in [0.25, 0.3) is 0 Å². The highest BCUT2D eigenvalue weighted by atomic mass is 19.1. The van der Waals surface area contributed by atoms with E-state index >= 15 is 0 Å². The Morgan fingerprint density at radius 3 is 2.67 bits per heavy atom. The number of nitrogens with zero attached hydrogens (tertiary/aromatic N) is 2. The van der Waals surface area contributed by atoms with Crippen molar-refractivity contribution in [1.29, 1.82) is 0 Å². The van der Waals surface area contributed by atoms with Crippen LogP contribution < -0.4 is 4.74 Å². The summed E-state index contributed by atoms with van der Waals surface area (Å²) in [6.07, 6.45) is 1.82. The van der Waals surface area contributed by atoms with Gasteiger partial charge in [0.1, 0.15) is 5.82 Å². The maximum absolute atomic E-state index is 13.4. The molecule has 0 saturated heterocycles. The first-order valence-electron chi connectivity index (χ1n) is 4.48. The van der Waals surface area contributed by atoms with Gasteiger partial charge in [-0.1, -0.05) is 0 Å². The van der Waals surface area contributed by atoms with E-state index in [-0.39, 0.29) is 11.8 Å². The molecule has 0 spiro atoms. The summed E-state index contributed by atoms with van der Waals surface area (Å²) in [5, 5.41) is 8.73. The minimum absolute atomic E-state index is 0.151. The van der Waals surface area contributed by atoms with Crippen LogP contribution in [0, 0.1) is 5.82 Å². The third kappa shape index (κ3) is 1.74. The fraction of sp³-hybridized carbons (Fsp3) is 0.444. The molecule has 0 amide bonds. The maximum atomic E-state index is 13.4. The zero-order valence-corrected chi connectivity index (χ0v) is 8.03. The van der Waals surface area contributed by atoms with Gasteiger partial charge >= 0.3 is 5.97 Å². The lowest BCUT2D eigenvalue weighted by Crippen LogP contribution is -2.10. The Hall–Kier alpha value is -1.72. The second kappa shape index (κ2) is 3.45. The highest BCUT2D eigenvalue weighted by Gasteiger charge is 2.30. The van der Waals surface area contributed by atoms with Gasteiger partial charge in [-0.3, -0.25) is 0 Å². The van der Waals surface area contributed by atoms with Crippen molar-refractivity contribution < 1.29 is 19.0 Å². The summed E-state index contributed by atoms with van der Waals surface area (Å²) in [5.41, 5.74) is -0.622. The van der Waals surface area contributed by atoms with Crippen LogP contribution in [0.15, 0.2) is 0 Å². The van der Waals surface area contributed by atoms with Crippen molar-refractivity contribution in [3.05, 3.63) is 17.3 Å². The second-order valence-electron chi connectivity index (χ2n) is 3.33. The molecule has 1 N–H and O–H groups in total. The van der Waals surface area contributed by atoms with Gasteiger partial charge in [-0.2, -0.15) is 9.37 Å². The number of carboxylic acid groups (broad SMARTS) is 1. The van der Waals surface area contributed by atoms with Gasteiger partial charge in [0, 0.05) is 5.92 Å². The lowest BCUT2D eigenvalue weighted by molar-refractivity contribution is 0.0683. The predicted octanol–water partition coefficient (Wildman–Crippen LogP) is 1.20. The zero-order chi connectivity index (χ0) is 11.0. The van der Waals surface area contributed by atoms with E-state index in [1.165, 1.54) is 7.11 Å². The standard InChI is InChI=1S/C9H9FN2O3/c1-15-8-5(10)6(9(13)14)11-7(12-8)4-2-3-4/h4H,2-3H2,1H3,(H,13,14). The first-order valence-corrected chi connectivity index (χ1v) is 4.48. The van der Waals surface area contributed by atoms with E-state index < -0.39 is 17.5 Å². The molecular formula is C9H9FN2O3. The molecule has 5 nitrogen and oxygen atoms in total. The van der Waals surface area contributed by atoms with Crippen LogP contribution in [-0.4, -0.2) is 28.2 Å². The number of rotatable bonds is 3. The monoisotopic (exact) mass is 212 g/mol. The van der Waals surface area contributed by atoms with Crippen molar-refractivity contribution >= 4 is 5.97 Å². The third-order valence-corrected chi connectivity index (χ3v) is 2.18. The topological polar surface area (TPSA) is 72.3 Å². The van der Waals surface area contributed by atoms with Gasteiger partial charge in [0.2, 0.25) is 5.82 Å².